The lowest BCUT2D eigenvalue weighted by atomic mass is 10.1. The van der Waals surface area contributed by atoms with Crippen LogP contribution in [0.4, 0.5) is 5.69 Å². The Kier molecular flexibility index (Phi) is 5.00. The number of nitrogens with one attached hydrogen (secondary N) is 1. The number of hydrogen-bond acceptors (Lipinski definition) is 1. The average Bonchev–Trinajstić information content (AvgIpc) is 2.24. The first-order chi connectivity index (χ1) is 7.54. The summed E-state index contributed by atoms with van der Waals surface area (Å²) in [4.78, 5) is 11.8. The summed E-state index contributed by atoms with van der Waals surface area (Å²) in [7, 11) is 0. The summed E-state index contributed by atoms with van der Waals surface area (Å²) < 4.78 is 1.06. The van der Waals surface area contributed by atoms with Crippen molar-refractivity contribution in [1.82, 2.24) is 0 Å². The van der Waals surface area contributed by atoms with E-state index in [9.17, 15) is 4.79 Å². The predicted molar refractivity (Wildman–Crippen MR) is 71.6 cm³/mol. The zero-order valence-electron chi connectivity index (χ0n) is 10.0. The maximum absolute atomic E-state index is 11.8. The second-order valence-corrected chi connectivity index (χ2v) is 5.00. The minimum absolute atomic E-state index is 0.0777. The highest BCUT2D eigenvalue weighted by atomic mass is 79.9. The first-order valence-electron chi connectivity index (χ1n) is 5.61. The Morgan fingerprint density at radius 2 is 2.19 bits per heavy atom. The van der Waals surface area contributed by atoms with Gasteiger partial charge in [-0.15, -0.1) is 0 Å². The van der Waals surface area contributed by atoms with Crippen LogP contribution in [0.3, 0.4) is 0 Å². The summed E-state index contributed by atoms with van der Waals surface area (Å²) in [6.07, 6.45) is 1.97. The highest BCUT2D eigenvalue weighted by Gasteiger charge is 2.11. The van der Waals surface area contributed by atoms with Gasteiger partial charge in [0.15, 0.2) is 0 Å². The highest BCUT2D eigenvalue weighted by Crippen LogP contribution is 2.20. The summed E-state index contributed by atoms with van der Waals surface area (Å²) >= 11 is 3.44. The molecule has 0 aliphatic rings. The van der Waals surface area contributed by atoms with Crippen molar-refractivity contribution in [2.45, 2.75) is 33.6 Å². The van der Waals surface area contributed by atoms with Crippen LogP contribution in [-0.2, 0) is 4.79 Å². The normalized spacial score (nSPS) is 12.2. The Morgan fingerprint density at radius 3 is 2.75 bits per heavy atom. The first kappa shape index (κ1) is 13.2. The van der Waals surface area contributed by atoms with Gasteiger partial charge in [0, 0.05) is 16.1 Å². The summed E-state index contributed by atoms with van der Waals surface area (Å²) in [5.41, 5.74) is 1.99. The molecule has 0 saturated carbocycles. The monoisotopic (exact) mass is 283 g/mol. The number of carbonyl (C=O) groups is 1. The molecule has 0 aliphatic heterocycles. The van der Waals surface area contributed by atoms with E-state index in [1.54, 1.807) is 0 Å². The van der Waals surface area contributed by atoms with Crippen LogP contribution < -0.4 is 5.32 Å². The van der Waals surface area contributed by atoms with Crippen LogP contribution in [0.15, 0.2) is 22.7 Å². The number of benzene rings is 1. The van der Waals surface area contributed by atoms with Crippen molar-refractivity contribution in [3.63, 3.8) is 0 Å². The second-order valence-electron chi connectivity index (χ2n) is 4.14. The molecule has 0 heterocycles. The molecule has 1 aromatic rings. The Bertz CT molecular complexity index is 376. The van der Waals surface area contributed by atoms with Crippen LogP contribution in [0, 0.1) is 12.8 Å². The van der Waals surface area contributed by atoms with E-state index >= 15 is 0 Å². The largest absolute Gasteiger partial charge is 0.326 e. The molecule has 88 valence electrons. The average molecular weight is 284 g/mol. The minimum Gasteiger partial charge on any atom is -0.326 e. The zero-order valence-corrected chi connectivity index (χ0v) is 11.6. The van der Waals surface area contributed by atoms with E-state index in [1.165, 1.54) is 0 Å². The predicted octanol–water partition coefficient (Wildman–Crippen LogP) is 4.13. The topological polar surface area (TPSA) is 29.1 Å². The number of halogens is 1. The van der Waals surface area contributed by atoms with E-state index in [0.29, 0.717) is 0 Å². The third kappa shape index (κ3) is 3.63. The number of anilines is 1. The lowest BCUT2D eigenvalue weighted by Gasteiger charge is -2.11. The lowest BCUT2D eigenvalue weighted by molar-refractivity contribution is -0.119. The standard InChI is InChI=1S/C13H18BrNO/c1-4-5-9(2)13(16)15-11-6-7-12(14)10(3)8-11/h6-9H,4-5H2,1-3H3,(H,15,16)/t9-/m0/s1. The van der Waals surface area contributed by atoms with Crippen LogP contribution in [0.1, 0.15) is 32.3 Å². The van der Waals surface area contributed by atoms with E-state index in [4.69, 9.17) is 0 Å². The van der Waals surface area contributed by atoms with Gasteiger partial charge in [-0.3, -0.25) is 4.79 Å². The van der Waals surface area contributed by atoms with Crippen LogP contribution in [0.2, 0.25) is 0 Å². The van der Waals surface area contributed by atoms with E-state index in [0.717, 1.165) is 28.6 Å². The molecule has 0 aliphatic carbocycles. The molecule has 1 atom stereocenters. The summed E-state index contributed by atoms with van der Waals surface area (Å²) in [5, 5.41) is 2.93. The fourth-order valence-electron chi connectivity index (χ4n) is 1.55. The number of hydrogen-bond donors (Lipinski definition) is 1. The minimum atomic E-state index is 0.0777. The quantitative estimate of drug-likeness (QED) is 0.884. The molecular formula is C13H18BrNO. The van der Waals surface area contributed by atoms with E-state index in [-0.39, 0.29) is 11.8 Å². The van der Waals surface area contributed by atoms with Crippen LogP contribution >= 0.6 is 15.9 Å². The maximum atomic E-state index is 11.8. The van der Waals surface area contributed by atoms with Crippen molar-refractivity contribution in [2.75, 3.05) is 5.32 Å². The van der Waals surface area contributed by atoms with Crippen molar-refractivity contribution < 1.29 is 4.79 Å². The summed E-state index contributed by atoms with van der Waals surface area (Å²) in [6.45, 7) is 6.06. The Morgan fingerprint density at radius 1 is 1.50 bits per heavy atom. The van der Waals surface area contributed by atoms with Crippen molar-refractivity contribution in [2.24, 2.45) is 5.92 Å². The van der Waals surface area contributed by atoms with Gasteiger partial charge in [0.2, 0.25) is 5.91 Å². The molecule has 0 saturated heterocycles. The molecule has 0 aromatic heterocycles. The van der Waals surface area contributed by atoms with Crippen LogP contribution in [0.5, 0.6) is 0 Å². The third-order valence-corrected chi connectivity index (χ3v) is 3.48. The fourth-order valence-corrected chi connectivity index (χ4v) is 1.80. The number of carbonyl (C=O) groups excluding carboxylic acids is 1. The third-order valence-electron chi connectivity index (χ3n) is 2.59. The molecule has 0 unspecified atom stereocenters. The molecule has 0 bridgehead atoms. The molecule has 16 heavy (non-hydrogen) atoms. The van der Waals surface area contributed by atoms with Gasteiger partial charge in [-0.1, -0.05) is 36.2 Å². The summed E-state index contributed by atoms with van der Waals surface area (Å²) in [5.74, 6) is 0.178. The molecule has 3 heteroatoms. The highest BCUT2D eigenvalue weighted by molar-refractivity contribution is 9.10. The molecule has 1 rings (SSSR count). The molecule has 1 amide bonds. The molecule has 1 aromatic carbocycles. The van der Waals surface area contributed by atoms with Gasteiger partial charge in [0.1, 0.15) is 0 Å². The first-order valence-corrected chi connectivity index (χ1v) is 6.41. The van der Waals surface area contributed by atoms with Gasteiger partial charge in [0.25, 0.3) is 0 Å². The fraction of sp³-hybridized carbons (Fsp3) is 0.462. The number of aryl methyl sites for hydroxylation is 1. The molecular weight excluding hydrogens is 266 g/mol. The van der Waals surface area contributed by atoms with Gasteiger partial charge >= 0.3 is 0 Å². The number of rotatable bonds is 4. The van der Waals surface area contributed by atoms with Gasteiger partial charge < -0.3 is 5.32 Å². The Hall–Kier alpha value is -0.830. The molecule has 0 radical (unpaired) electrons. The molecule has 2 nitrogen and oxygen atoms in total. The van der Waals surface area contributed by atoms with E-state index in [2.05, 4.69) is 28.2 Å². The Labute approximate surface area is 106 Å². The SMILES string of the molecule is CCC[C@H](C)C(=O)Nc1ccc(Br)c(C)c1. The summed E-state index contributed by atoms with van der Waals surface area (Å²) in [6, 6.07) is 5.84. The van der Waals surface area contributed by atoms with Crippen molar-refractivity contribution >= 4 is 27.5 Å². The van der Waals surface area contributed by atoms with Crippen LogP contribution in [-0.4, -0.2) is 5.91 Å². The van der Waals surface area contributed by atoms with Gasteiger partial charge in [-0.25, -0.2) is 0 Å². The van der Waals surface area contributed by atoms with Crippen molar-refractivity contribution in [3.05, 3.63) is 28.2 Å². The van der Waals surface area contributed by atoms with E-state index < -0.39 is 0 Å². The van der Waals surface area contributed by atoms with E-state index in [1.807, 2.05) is 32.0 Å². The molecule has 1 N–H and O–H groups in total. The smallest absolute Gasteiger partial charge is 0.227 e. The molecule has 0 spiro atoms. The lowest BCUT2D eigenvalue weighted by Crippen LogP contribution is -2.20. The van der Waals surface area contributed by atoms with Crippen molar-refractivity contribution in [3.8, 4) is 0 Å². The van der Waals surface area contributed by atoms with Crippen LogP contribution in [0.25, 0.3) is 0 Å². The van der Waals surface area contributed by atoms with Crippen molar-refractivity contribution in [1.29, 1.82) is 0 Å². The maximum Gasteiger partial charge on any atom is 0.227 e. The second kappa shape index (κ2) is 6.04. The Balaban J connectivity index is 2.66. The molecule has 0 fully saturated rings. The zero-order chi connectivity index (χ0) is 12.1. The van der Waals surface area contributed by atoms with Gasteiger partial charge in [0.05, 0.1) is 0 Å². The van der Waals surface area contributed by atoms with Gasteiger partial charge in [-0.05, 0) is 37.1 Å². The number of amides is 1. The van der Waals surface area contributed by atoms with Gasteiger partial charge in [-0.2, -0.15) is 0 Å².